The number of urea groups is 1. The van der Waals surface area contributed by atoms with Crippen molar-refractivity contribution < 1.29 is 32.6 Å². The van der Waals surface area contributed by atoms with Crippen LogP contribution in [0.4, 0.5) is 23.7 Å². The quantitative estimate of drug-likeness (QED) is 0.656. The fraction of sp³-hybridized carbons (Fsp3) is 0.333. The lowest BCUT2D eigenvalue weighted by atomic mass is 10.3. The summed E-state index contributed by atoms with van der Waals surface area (Å²) in [5, 5.41) is 13.2. The molecule has 0 radical (unpaired) electrons. The summed E-state index contributed by atoms with van der Waals surface area (Å²) < 4.78 is 40.1. The lowest BCUT2D eigenvalue weighted by molar-refractivity contribution is -0.274. The topological polar surface area (TPSA) is 87.7 Å². The van der Waals surface area contributed by atoms with E-state index in [4.69, 9.17) is 5.11 Å². The van der Waals surface area contributed by atoms with Crippen LogP contribution in [0, 0.1) is 0 Å². The van der Waals surface area contributed by atoms with Crippen molar-refractivity contribution in [1.82, 2.24) is 5.32 Å². The van der Waals surface area contributed by atoms with E-state index in [9.17, 15) is 22.8 Å². The maximum atomic E-state index is 12.1. The Kier molecular flexibility index (Phi) is 6.47. The van der Waals surface area contributed by atoms with Crippen molar-refractivity contribution in [3.05, 3.63) is 22.7 Å². The minimum atomic E-state index is -4.81. The Balaban J connectivity index is 2.51. The van der Waals surface area contributed by atoms with Gasteiger partial charge in [-0.2, -0.15) is 0 Å². The summed E-state index contributed by atoms with van der Waals surface area (Å²) in [5.41, 5.74) is 0.247. The third-order valence-corrected chi connectivity index (χ3v) is 2.89. The number of carbonyl (C=O) groups is 2. The number of carbonyl (C=O) groups excluding carboxylic acids is 1. The van der Waals surface area contributed by atoms with Crippen LogP contribution < -0.4 is 15.4 Å². The van der Waals surface area contributed by atoms with Gasteiger partial charge in [0.25, 0.3) is 0 Å². The second-order valence-corrected chi connectivity index (χ2v) is 4.93. The zero-order chi connectivity index (χ0) is 16.8. The van der Waals surface area contributed by atoms with E-state index in [0.29, 0.717) is 0 Å². The summed E-state index contributed by atoms with van der Waals surface area (Å²) in [7, 11) is 0. The molecule has 0 aliphatic carbocycles. The van der Waals surface area contributed by atoms with Gasteiger partial charge >= 0.3 is 18.4 Å². The van der Waals surface area contributed by atoms with Crippen molar-refractivity contribution in [2.45, 2.75) is 19.2 Å². The zero-order valence-electron chi connectivity index (χ0n) is 11.0. The number of halogens is 4. The first-order valence-electron chi connectivity index (χ1n) is 5.99. The Morgan fingerprint density at radius 3 is 2.55 bits per heavy atom. The molecule has 0 unspecified atom stereocenters. The maximum absolute atomic E-state index is 12.1. The molecule has 0 aliphatic heterocycles. The van der Waals surface area contributed by atoms with Crippen LogP contribution in [0.25, 0.3) is 0 Å². The first-order chi connectivity index (χ1) is 10.2. The van der Waals surface area contributed by atoms with Crippen LogP contribution in [-0.2, 0) is 4.79 Å². The largest absolute Gasteiger partial charge is 0.573 e. The van der Waals surface area contributed by atoms with Crippen LogP contribution in [0.5, 0.6) is 5.75 Å². The van der Waals surface area contributed by atoms with Gasteiger partial charge < -0.3 is 20.5 Å². The number of ether oxygens (including phenoxy) is 1. The molecule has 6 nitrogen and oxygen atoms in total. The van der Waals surface area contributed by atoms with Gasteiger partial charge in [-0.15, -0.1) is 13.2 Å². The van der Waals surface area contributed by atoms with Crippen LogP contribution >= 0.6 is 15.9 Å². The molecule has 0 saturated heterocycles. The van der Waals surface area contributed by atoms with Gasteiger partial charge in [0.05, 0.1) is 4.47 Å². The molecule has 22 heavy (non-hydrogen) atoms. The fourth-order valence-corrected chi connectivity index (χ4v) is 1.86. The van der Waals surface area contributed by atoms with Gasteiger partial charge in [0.1, 0.15) is 5.75 Å². The average molecular weight is 385 g/mol. The summed E-state index contributed by atoms with van der Waals surface area (Å²) in [6.45, 7) is 0.161. The van der Waals surface area contributed by atoms with Crippen LogP contribution in [0.1, 0.15) is 12.8 Å². The van der Waals surface area contributed by atoms with Crippen molar-refractivity contribution in [2.24, 2.45) is 0 Å². The van der Waals surface area contributed by atoms with Gasteiger partial charge in [-0.1, -0.05) is 0 Å². The van der Waals surface area contributed by atoms with Crippen molar-refractivity contribution in [1.29, 1.82) is 0 Å². The minimum Gasteiger partial charge on any atom is -0.481 e. The van der Waals surface area contributed by atoms with Crippen LogP contribution in [0.2, 0.25) is 0 Å². The summed E-state index contributed by atoms with van der Waals surface area (Å²) in [6.07, 6.45) is -4.61. The number of nitrogens with one attached hydrogen (secondary N) is 2. The lowest BCUT2D eigenvalue weighted by Gasteiger charge is -2.12. The molecular formula is C12H12BrF3N2O4. The normalized spacial score (nSPS) is 10.9. The Hall–Kier alpha value is -1.97. The molecule has 1 aromatic carbocycles. The smallest absolute Gasteiger partial charge is 0.481 e. The molecule has 0 fully saturated rings. The summed E-state index contributed by atoms with van der Waals surface area (Å²) in [6, 6.07) is 2.94. The van der Waals surface area contributed by atoms with E-state index in [1.54, 1.807) is 0 Å². The molecule has 2 amide bonds. The van der Waals surface area contributed by atoms with Gasteiger partial charge in [-0.3, -0.25) is 4.79 Å². The van der Waals surface area contributed by atoms with Gasteiger partial charge in [-0.25, -0.2) is 4.79 Å². The number of carboxylic acid groups (broad SMARTS) is 1. The summed E-state index contributed by atoms with van der Waals surface area (Å²) in [4.78, 5) is 21.8. The third kappa shape index (κ3) is 7.16. The SMILES string of the molecule is O=C(O)CCCNC(=O)Nc1ccc(OC(F)(F)F)c(Br)c1. The molecule has 3 N–H and O–H groups in total. The third-order valence-electron chi connectivity index (χ3n) is 2.27. The zero-order valence-corrected chi connectivity index (χ0v) is 12.6. The second kappa shape index (κ2) is 7.87. The first kappa shape index (κ1) is 18.1. The van der Waals surface area contributed by atoms with E-state index in [0.717, 1.165) is 6.07 Å². The Morgan fingerprint density at radius 1 is 1.32 bits per heavy atom. The van der Waals surface area contributed by atoms with Gasteiger partial charge in [-0.05, 0) is 40.5 Å². The monoisotopic (exact) mass is 384 g/mol. The second-order valence-electron chi connectivity index (χ2n) is 4.07. The molecule has 1 aromatic rings. The van der Waals surface area contributed by atoms with Crippen LogP contribution in [0.15, 0.2) is 22.7 Å². The summed E-state index contributed by atoms with van der Waals surface area (Å²) in [5.74, 6) is -1.40. The number of alkyl halides is 3. The Bertz CT molecular complexity index is 552. The Labute approximate surface area is 131 Å². The van der Waals surface area contributed by atoms with Gasteiger partial charge in [0.15, 0.2) is 0 Å². The molecule has 0 bridgehead atoms. The number of rotatable bonds is 6. The highest BCUT2D eigenvalue weighted by atomic mass is 79.9. The summed E-state index contributed by atoms with van der Waals surface area (Å²) >= 11 is 2.91. The predicted octanol–water partition coefficient (Wildman–Crippen LogP) is 3.33. The Morgan fingerprint density at radius 2 is 2.00 bits per heavy atom. The lowest BCUT2D eigenvalue weighted by Crippen LogP contribution is -2.29. The predicted molar refractivity (Wildman–Crippen MR) is 74.7 cm³/mol. The number of amides is 2. The first-order valence-corrected chi connectivity index (χ1v) is 6.78. The van der Waals surface area contributed by atoms with Crippen molar-refractivity contribution in [2.75, 3.05) is 11.9 Å². The fourth-order valence-electron chi connectivity index (χ4n) is 1.40. The molecule has 0 aromatic heterocycles. The van der Waals surface area contributed by atoms with E-state index >= 15 is 0 Å². The maximum Gasteiger partial charge on any atom is 0.573 e. The molecule has 122 valence electrons. The van der Waals surface area contributed by atoms with E-state index in [-0.39, 0.29) is 29.5 Å². The van der Waals surface area contributed by atoms with Crippen molar-refractivity contribution in [3.63, 3.8) is 0 Å². The van der Waals surface area contributed by atoms with E-state index in [2.05, 4.69) is 31.3 Å². The molecule has 0 spiro atoms. The van der Waals surface area contributed by atoms with Crippen molar-refractivity contribution in [3.8, 4) is 5.75 Å². The molecule has 10 heteroatoms. The van der Waals surface area contributed by atoms with E-state index < -0.39 is 24.1 Å². The minimum absolute atomic E-state index is 0.0218. The molecular weight excluding hydrogens is 373 g/mol. The molecule has 0 saturated carbocycles. The van der Waals surface area contributed by atoms with Gasteiger partial charge in [0.2, 0.25) is 0 Å². The standard InChI is InChI=1S/C12H12BrF3N2O4/c13-8-6-7(3-4-9(8)22-12(14,15)16)18-11(21)17-5-1-2-10(19)20/h3-4,6H,1-2,5H2,(H,19,20)(H2,17,18,21). The molecule has 0 heterocycles. The van der Waals surface area contributed by atoms with E-state index in [1.165, 1.54) is 12.1 Å². The number of aliphatic carboxylic acids is 1. The van der Waals surface area contributed by atoms with Crippen LogP contribution in [-0.4, -0.2) is 30.0 Å². The highest BCUT2D eigenvalue weighted by molar-refractivity contribution is 9.10. The van der Waals surface area contributed by atoms with Crippen molar-refractivity contribution >= 4 is 33.6 Å². The molecule has 0 atom stereocenters. The number of anilines is 1. The highest BCUT2D eigenvalue weighted by Gasteiger charge is 2.31. The number of benzene rings is 1. The number of hydrogen-bond donors (Lipinski definition) is 3. The average Bonchev–Trinajstić information content (AvgIpc) is 2.36. The number of carboxylic acids is 1. The van der Waals surface area contributed by atoms with Crippen LogP contribution in [0.3, 0.4) is 0 Å². The number of hydrogen-bond acceptors (Lipinski definition) is 3. The molecule has 1 rings (SSSR count). The van der Waals surface area contributed by atoms with Gasteiger partial charge in [0, 0.05) is 18.7 Å². The van der Waals surface area contributed by atoms with E-state index in [1.807, 2.05) is 0 Å². The molecule has 0 aliphatic rings. The highest BCUT2D eigenvalue weighted by Crippen LogP contribution is 2.32.